The molecule has 14 nitrogen and oxygen atoms in total. The predicted molar refractivity (Wildman–Crippen MR) is 246 cm³/mol. The minimum atomic E-state index is -4.67. The van der Waals surface area contributed by atoms with E-state index in [1.165, 1.54) is 61.0 Å². The SMILES string of the molecule is CC(C)c1ccccc1[C@@H]1CCC[C@@H]1N1CC2(CCN(c3ccc(C(=O)NS(=O)(=O)c4cc5c(c([N+](=O)[O-])c4)N[C@@H](C4CCCCC4)CO5)c(Oc4cnc5[nH]cc(F)c5c4)c3)CC2)C1. The number of halogens is 1. The van der Waals surface area contributed by atoms with E-state index in [2.05, 4.69) is 67.9 Å². The number of likely N-dealkylation sites (tertiary alicyclic amines) is 1. The minimum Gasteiger partial charge on any atom is -0.489 e. The van der Waals surface area contributed by atoms with Gasteiger partial charge in [0.25, 0.3) is 21.6 Å². The third kappa shape index (κ3) is 8.39. The van der Waals surface area contributed by atoms with Gasteiger partial charge in [0.05, 0.1) is 33.0 Å². The van der Waals surface area contributed by atoms with E-state index in [1.54, 1.807) is 12.1 Å². The molecule has 5 heterocycles. The molecule has 5 aliphatic rings. The van der Waals surface area contributed by atoms with E-state index in [9.17, 15) is 27.7 Å². The van der Waals surface area contributed by atoms with Crippen LogP contribution < -0.4 is 24.4 Å². The topological polar surface area (TPSA) is 172 Å². The summed E-state index contributed by atoms with van der Waals surface area (Å²) in [6, 6.07) is 18.0. The molecule has 4 fully saturated rings. The molecule has 3 aromatic carbocycles. The second-order valence-corrected chi connectivity index (χ2v) is 20.9. The molecular formula is C49H56FN7O7S. The first-order chi connectivity index (χ1) is 31.3. The number of nitrogens with one attached hydrogen (secondary N) is 3. The maximum Gasteiger partial charge on any atom is 0.297 e. The Balaban J connectivity index is 0.869. The standard InChI is InChI=1S/C49H56FN7O7S/c1-30(2)35-11-6-7-12-36(35)37-13-8-14-42(37)56-28-49(29-56)17-19-55(20-18-49)32-15-16-38(44(21-32)64-33-22-39-40(50)26-52-47(39)51-25-33)48(58)54-65(61,62)34-23-43(57(59)60)46-45(24-34)63-27-41(53-46)31-9-4-3-5-10-31/h6-7,11-12,15-16,21-26,30-31,37,41-42,53H,3-5,8-10,13-14,17-20,27-29H2,1-2H3,(H,51,52)(H,54,58)/t37-,41+,42-/m0/s1. The number of benzene rings is 3. The number of aromatic amines is 1. The molecule has 342 valence electrons. The van der Waals surface area contributed by atoms with Gasteiger partial charge in [0, 0.05) is 62.3 Å². The van der Waals surface area contributed by atoms with Gasteiger partial charge in [-0.05, 0) is 91.0 Å². The number of rotatable bonds is 11. The van der Waals surface area contributed by atoms with Gasteiger partial charge in [0.1, 0.15) is 29.6 Å². The number of carbonyl (C=O) groups is 1. The molecule has 10 rings (SSSR count). The van der Waals surface area contributed by atoms with Crippen molar-refractivity contribution >= 4 is 44.0 Å². The number of anilines is 2. The summed E-state index contributed by atoms with van der Waals surface area (Å²) in [5.74, 6) is -0.00748. The molecule has 5 aromatic rings. The largest absolute Gasteiger partial charge is 0.489 e. The lowest BCUT2D eigenvalue weighted by Crippen LogP contribution is -2.63. The van der Waals surface area contributed by atoms with Crippen molar-refractivity contribution in [3.05, 3.63) is 106 Å². The average Bonchev–Trinajstić information content (AvgIpc) is 3.94. The first-order valence-electron chi connectivity index (χ1n) is 23.2. The molecule has 0 unspecified atom stereocenters. The summed E-state index contributed by atoms with van der Waals surface area (Å²) in [5.41, 5.74) is 3.87. The maximum atomic E-state index is 14.6. The molecular weight excluding hydrogens is 850 g/mol. The summed E-state index contributed by atoms with van der Waals surface area (Å²) < 4.78 is 56.8. The number of fused-ring (bicyclic) bond motifs is 2. The molecule has 2 aliphatic carbocycles. The number of pyridine rings is 1. The van der Waals surface area contributed by atoms with Gasteiger partial charge in [0.2, 0.25) is 0 Å². The van der Waals surface area contributed by atoms with Crippen LogP contribution in [-0.4, -0.2) is 79.0 Å². The Morgan fingerprint density at radius 1 is 1.02 bits per heavy atom. The second kappa shape index (κ2) is 17.2. The van der Waals surface area contributed by atoms with Crippen LogP contribution >= 0.6 is 0 Å². The van der Waals surface area contributed by atoms with Crippen LogP contribution in [0, 0.1) is 27.3 Å². The first kappa shape index (κ1) is 43.2. The highest BCUT2D eigenvalue weighted by atomic mass is 32.2. The number of amides is 1. The Morgan fingerprint density at radius 3 is 2.57 bits per heavy atom. The summed E-state index contributed by atoms with van der Waals surface area (Å²) in [5, 5.41) is 15.8. The molecule has 1 spiro atoms. The Bertz CT molecular complexity index is 2740. The fourth-order valence-corrected chi connectivity index (χ4v) is 12.4. The van der Waals surface area contributed by atoms with Gasteiger partial charge < -0.3 is 24.7 Å². The highest BCUT2D eigenvalue weighted by Crippen LogP contribution is 2.49. The molecule has 65 heavy (non-hydrogen) atoms. The van der Waals surface area contributed by atoms with E-state index in [1.807, 2.05) is 0 Å². The quantitative estimate of drug-likeness (QED) is 0.0851. The van der Waals surface area contributed by atoms with Crippen LogP contribution in [-0.2, 0) is 10.0 Å². The minimum absolute atomic E-state index is 0.0282. The number of hydrogen-bond acceptors (Lipinski definition) is 11. The Labute approximate surface area is 378 Å². The van der Waals surface area contributed by atoms with Crippen molar-refractivity contribution in [1.29, 1.82) is 0 Å². The molecule has 1 amide bonds. The smallest absolute Gasteiger partial charge is 0.297 e. The lowest BCUT2D eigenvalue weighted by molar-refractivity contribution is -0.384. The van der Waals surface area contributed by atoms with Crippen LogP contribution in [0.2, 0.25) is 0 Å². The number of hydrogen-bond donors (Lipinski definition) is 3. The van der Waals surface area contributed by atoms with E-state index in [4.69, 9.17) is 9.47 Å². The van der Waals surface area contributed by atoms with Gasteiger partial charge in [-0.2, -0.15) is 0 Å². The zero-order valence-corrected chi connectivity index (χ0v) is 37.7. The van der Waals surface area contributed by atoms with Crippen molar-refractivity contribution in [2.75, 3.05) is 43.0 Å². The third-order valence-electron chi connectivity index (χ3n) is 14.9. The molecule has 0 bridgehead atoms. The normalized spacial score (nSPS) is 22.3. The highest BCUT2D eigenvalue weighted by molar-refractivity contribution is 7.90. The molecule has 3 aliphatic heterocycles. The van der Waals surface area contributed by atoms with E-state index in [0.717, 1.165) is 82.9 Å². The van der Waals surface area contributed by atoms with Crippen molar-refractivity contribution in [1.82, 2.24) is 19.6 Å². The summed E-state index contributed by atoms with van der Waals surface area (Å²) in [6.07, 6.45) is 13.6. The Morgan fingerprint density at radius 2 is 1.80 bits per heavy atom. The molecule has 2 saturated carbocycles. The zero-order chi connectivity index (χ0) is 45.0. The maximum absolute atomic E-state index is 14.6. The molecule has 3 N–H and O–H groups in total. The van der Waals surface area contributed by atoms with E-state index < -0.39 is 37.3 Å². The lowest BCUT2D eigenvalue weighted by atomic mass is 9.70. The van der Waals surface area contributed by atoms with E-state index in [0.29, 0.717) is 23.5 Å². The van der Waals surface area contributed by atoms with Gasteiger partial charge >= 0.3 is 0 Å². The Kier molecular flexibility index (Phi) is 11.4. The van der Waals surface area contributed by atoms with Crippen molar-refractivity contribution in [2.45, 2.75) is 107 Å². The number of piperidine rings is 1. The van der Waals surface area contributed by atoms with Gasteiger partial charge in [-0.25, -0.2) is 22.5 Å². The number of carbonyl (C=O) groups excluding carboxylic acids is 1. The van der Waals surface area contributed by atoms with Gasteiger partial charge in [-0.1, -0.05) is 63.8 Å². The number of nitro groups is 1. The number of H-pyrrole nitrogens is 1. The molecule has 0 radical (unpaired) electrons. The number of nitrogens with zero attached hydrogens (tertiary/aromatic N) is 4. The predicted octanol–water partition coefficient (Wildman–Crippen LogP) is 9.64. The summed E-state index contributed by atoms with van der Waals surface area (Å²) in [4.78, 5) is 37.3. The highest BCUT2D eigenvalue weighted by Gasteiger charge is 2.49. The van der Waals surface area contributed by atoms with Crippen molar-refractivity contribution in [3.8, 4) is 17.2 Å². The van der Waals surface area contributed by atoms with Crippen LogP contribution in [0.4, 0.5) is 21.5 Å². The number of nitro benzene ring substituents is 1. The van der Waals surface area contributed by atoms with E-state index >= 15 is 0 Å². The fourth-order valence-electron chi connectivity index (χ4n) is 11.4. The second-order valence-electron chi connectivity index (χ2n) is 19.2. The molecule has 3 atom stereocenters. The van der Waals surface area contributed by atoms with Crippen molar-refractivity contribution in [3.63, 3.8) is 0 Å². The van der Waals surface area contributed by atoms with Gasteiger partial charge in [0.15, 0.2) is 11.4 Å². The van der Waals surface area contributed by atoms with Gasteiger partial charge in [-0.3, -0.25) is 19.8 Å². The number of aromatic nitrogens is 2. The van der Waals surface area contributed by atoms with Crippen molar-refractivity contribution in [2.24, 2.45) is 11.3 Å². The van der Waals surface area contributed by atoms with Crippen LogP contribution in [0.1, 0.15) is 111 Å². The third-order valence-corrected chi connectivity index (χ3v) is 16.2. The zero-order valence-electron chi connectivity index (χ0n) is 36.9. The molecule has 2 aromatic heterocycles. The van der Waals surface area contributed by atoms with Crippen LogP contribution in [0.25, 0.3) is 11.0 Å². The van der Waals surface area contributed by atoms with Crippen LogP contribution in [0.3, 0.4) is 0 Å². The van der Waals surface area contributed by atoms with Crippen LogP contribution in [0.5, 0.6) is 17.2 Å². The molecule has 2 saturated heterocycles. The average molecular weight is 906 g/mol. The number of ether oxygens (including phenoxy) is 2. The Hall–Kier alpha value is -5.74. The van der Waals surface area contributed by atoms with E-state index in [-0.39, 0.29) is 57.9 Å². The van der Waals surface area contributed by atoms with Gasteiger partial charge in [-0.15, -0.1) is 0 Å². The first-order valence-corrected chi connectivity index (χ1v) is 24.6. The summed E-state index contributed by atoms with van der Waals surface area (Å²) in [6.45, 7) is 8.53. The number of sulfonamides is 1. The fraction of sp³-hybridized carbons (Fsp3) is 0.469. The monoisotopic (exact) mass is 905 g/mol. The lowest BCUT2D eigenvalue weighted by Gasteiger charge is -2.57. The summed E-state index contributed by atoms with van der Waals surface area (Å²) in [7, 11) is -4.67. The molecule has 16 heteroatoms. The van der Waals surface area contributed by atoms with Crippen LogP contribution in [0.15, 0.2) is 78.0 Å². The van der Waals surface area contributed by atoms with Crippen molar-refractivity contribution < 1.29 is 32.0 Å². The summed E-state index contributed by atoms with van der Waals surface area (Å²) >= 11 is 0.